The first-order valence-electron chi connectivity index (χ1n) is 8.99. The van der Waals surface area contributed by atoms with E-state index in [0.717, 1.165) is 16.6 Å². The van der Waals surface area contributed by atoms with Gasteiger partial charge >= 0.3 is 0 Å². The third-order valence-corrected chi connectivity index (χ3v) is 4.59. The van der Waals surface area contributed by atoms with Crippen molar-refractivity contribution in [3.63, 3.8) is 0 Å². The lowest BCUT2D eigenvalue weighted by Crippen LogP contribution is -1.93. The summed E-state index contributed by atoms with van der Waals surface area (Å²) in [5.74, 6) is 1.49. The number of aromatic nitrogens is 2. The summed E-state index contributed by atoms with van der Waals surface area (Å²) < 4.78 is 10.8. The summed E-state index contributed by atoms with van der Waals surface area (Å²) >= 11 is 0. The minimum atomic E-state index is -0.493. The second kappa shape index (κ2) is 7.56. The molecule has 0 aliphatic carbocycles. The molecule has 0 aliphatic heterocycles. The van der Waals surface area contributed by atoms with Crippen molar-refractivity contribution in [3.05, 3.63) is 75.8 Å². The van der Waals surface area contributed by atoms with Crippen LogP contribution in [0.1, 0.15) is 17.1 Å². The summed E-state index contributed by atoms with van der Waals surface area (Å²) in [7, 11) is 1.44. The van der Waals surface area contributed by atoms with Crippen molar-refractivity contribution < 1.29 is 14.1 Å². The van der Waals surface area contributed by atoms with Crippen LogP contribution in [0.4, 0.5) is 5.69 Å². The number of fused-ring (bicyclic) bond motifs is 1. The summed E-state index contributed by atoms with van der Waals surface area (Å²) in [5.41, 5.74) is 3.14. The molecule has 30 heavy (non-hydrogen) atoms. The normalized spacial score (nSPS) is 11.4. The fraction of sp³-hybridized carbons (Fsp3) is 0.0909. The van der Waals surface area contributed by atoms with Gasteiger partial charge in [-0.2, -0.15) is 5.26 Å². The fourth-order valence-corrected chi connectivity index (χ4v) is 3.12. The zero-order valence-corrected chi connectivity index (χ0v) is 16.2. The molecule has 0 fully saturated rings. The van der Waals surface area contributed by atoms with E-state index in [1.807, 2.05) is 25.1 Å². The number of nitrogens with one attached hydrogen (secondary N) is 1. The van der Waals surface area contributed by atoms with Crippen LogP contribution in [0.25, 0.3) is 34.0 Å². The highest BCUT2D eigenvalue weighted by Crippen LogP contribution is 2.34. The maximum absolute atomic E-state index is 11.4. The predicted molar refractivity (Wildman–Crippen MR) is 112 cm³/mol. The SMILES string of the molecule is COc1ccc(-c2ccc(C=C(C#N)c3nc4ccc(C)cc4[nH]3)o2)c([N+](=O)[O-])c1. The Hall–Kier alpha value is -4.38. The number of methoxy groups -OCH3 is 1. The summed E-state index contributed by atoms with van der Waals surface area (Å²) in [6.45, 7) is 1.98. The van der Waals surface area contributed by atoms with Crippen LogP contribution in [-0.4, -0.2) is 22.0 Å². The van der Waals surface area contributed by atoms with Crippen molar-refractivity contribution in [1.82, 2.24) is 9.97 Å². The van der Waals surface area contributed by atoms with Gasteiger partial charge in [0.15, 0.2) is 0 Å². The molecule has 8 nitrogen and oxygen atoms in total. The summed E-state index contributed by atoms with van der Waals surface area (Å²) in [6, 6.07) is 15.7. The highest BCUT2D eigenvalue weighted by atomic mass is 16.6. The van der Waals surface area contributed by atoms with E-state index in [1.54, 1.807) is 30.3 Å². The molecule has 2 aromatic heterocycles. The maximum atomic E-state index is 11.4. The highest BCUT2D eigenvalue weighted by Gasteiger charge is 2.19. The van der Waals surface area contributed by atoms with E-state index in [1.165, 1.54) is 13.2 Å². The van der Waals surface area contributed by atoms with Gasteiger partial charge in [-0.3, -0.25) is 10.1 Å². The number of nitriles is 1. The fourth-order valence-electron chi connectivity index (χ4n) is 3.12. The molecule has 0 saturated heterocycles. The molecule has 2 heterocycles. The number of ether oxygens (including phenoxy) is 1. The Kier molecular flexibility index (Phi) is 4.78. The average molecular weight is 400 g/mol. The van der Waals surface area contributed by atoms with Crippen molar-refractivity contribution in [2.24, 2.45) is 0 Å². The van der Waals surface area contributed by atoms with Crippen LogP contribution in [0.5, 0.6) is 5.75 Å². The Morgan fingerprint density at radius 3 is 2.83 bits per heavy atom. The average Bonchev–Trinajstić information content (AvgIpc) is 3.37. The van der Waals surface area contributed by atoms with E-state index < -0.39 is 4.92 Å². The Labute approximate surface area is 171 Å². The second-order valence-corrected chi connectivity index (χ2v) is 6.62. The van der Waals surface area contributed by atoms with Gasteiger partial charge in [-0.15, -0.1) is 0 Å². The molecule has 0 amide bonds. The van der Waals surface area contributed by atoms with Gasteiger partial charge in [0.1, 0.15) is 29.2 Å². The molecule has 4 aromatic rings. The standard InChI is InChI=1S/C22H16N4O4/c1-13-3-7-18-19(9-13)25-22(24-18)14(12-23)10-16-5-8-21(30-16)17-6-4-15(29-2)11-20(17)26(27)28/h3-11H,1-2H3,(H,24,25). The molecule has 0 saturated carbocycles. The predicted octanol–water partition coefficient (Wildman–Crippen LogP) is 5.11. The molecule has 8 heteroatoms. The minimum Gasteiger partial charge on any atom is -0.497 e. The number of aryl methyl sites for hydroxylation is 1. The van der Waals surface area contributed by atoms with Crippen LogP contribution < -0.4 is 4.74 Å². The van der Waals surface area contributed by atoms with Gasteiger partial charge in [0.25, 0.3) is 5.69 Å². The number of nitro groups is 1. The number of benzene rings is 2. The molecular formula is C22H16N4O4. The zero-order valence-electron chi connectivity index (χ0n) is 16.2. The lowest BCUT2D eigenvalue weighted by Gasteiger charge is -2.03. The molecule has 0 spiro atoms. The van der Waals surface area contributed by atoms with Gasteiger partial charge in [0, 0.05) is 6.08 Å². The number of hydrogen-bond acceptors (Lipinski definition) is 6. The molecule has 148 valence electrons. The van der Waals surface area contributed by atoms with Gasteiger partial charge in [0.05, 0.1) is 40.3 Å². The first kappa shape index (κ1) is 19.0. The highest BCUT2D eigenvalue weighted by molar-refractivity contribution is 5.90. The summed E-state index contributed by atoms with van der Waals surface area (Å²) in [5, 5.41) is 21.0. The number of allylic oxidation sites excluding steroid dienone is 1. The number of furan rings is 1. The topological polar surface area (TPSA) is 118 Å². The van der Waals surface area contributed by atoms with Crippen molar-refractivity contribution >= 4 is 28.4 Å². The van der Waals surface area contributed by atoms with Crippen LogP contribution in [0.3, 0.4) is 0 Å². The molecule has 1 N–H and O–H groups in total. The molecule has 0 radical (unpaired) electrons. The lowest BCUT2D eigenvalue weighted by atomic mass is 10.1. The van der Waals surface area contributed by atoms with E-state index in [4.69, 9.17) is 9.15 Å². The van der Waals surface area contributed by atoms with Crippen LogP contribution >= 0.6 is 0 Å². The van der Waals surface area contributed by atoms with Crippen molar-refractivity contribution in [3.8, 4) is 23.1 Å². The Morgan fingerprint density at radius 2 is 2.10 bits per heavy atom. The van der Waals surface area contributed by atoms with Gasteiger partial charge < -0.3 is 14.1 Å². The maximum Gasteiger partial charge on any atom is 0.284 e. The number of aromatic amines is 1. The van der Waals surface area contributed by atoms with Gasteiger partial charge in [-0.1, -0.05) is 6.07 Å². The lowest BCUT2D eigenvalue weighted by molar-refractivity contribution is -0.384. The smallest absolute Gasteiger partial charge is 0.284 e. The van der Waals surface area contributed by atoms with Gasteiger partial charge in [-0.25, -0.2) is 4.98 Å². The van der Waals surface area contributed by atoms with E-state index >= 15 is 0 Å². The first-order valence-corrected chi connectivity index (χ1v) is 8.99. The molecule has 4 rings (SSSR count). The number of nitrogens with zero attached hydrogens (tertiary/aromatic N) is 3. The van der Waals surface area contributed by atoms with Crippen LogP contribution in [0.15, 0.2) is 52.9 Å². The summed E-state index contributed by atoms with van der Waals surface area (Å²) in [6.07, 6.45) is 1.55. The monoisotopic (exact) mass is 400 g/mol. The van der Waals surface area contributed by atoms with Crippen molar-refractivity contribution in [1.29, 1.82) is 5.26 Å². The van der Waals surface area contributed by atoms with E-state index in [0.29, 0.717) is 28.7 Å². The van der Waals surface area contributed by atoms with Crippen molar-refractivity contribution in [2.75, 3.05) is 7.11 Å². The van der Waals surface area contributed by atoms with E-state index in [2.05, 4.69) is 16.0 Å². The molecule has 0 bridgehead atoms. The molecule has 0 atom stereocenters. The number of H-pyrrole nitrogens is 1. The Balaban J connectivity index is 1.72. The molecule has 0 unspecified atom stereocenters. The third-order valence-electron chi connectivity index (χ3n) is 4.59. The second-order valence-electron chi connectivity index (χ2n) is 6.62. The van der Waals surface area contributed by atoms with Crippen LogP contribution in [0, 0.1) is 28.4 Å². The van der Waals surface area contributed by atoms with E-state index in [9.17, 15) is 15.4 Å². The Bertz CT molecular complexity index is 1340. The number of rotatable bonds is 5. The molecule has 2 aromatic carbocycles. The number of nitro benzene ring substituents is 1. The first-order chi connectivity index (χ1) is 14.5. The number of hydrogen-bond donors (Lipinski definition) is 1. The third kappa shape index (κ3) is 3.52. The molecular weight excluding hydrogens is 384 g/mol. The van der Waals surface area contributed by atoms with Gasteiger partial charge in [-0.05, 0) is 48.9 Å². The largest absolute Gasteiger partial charge is 0.497 e. The van der Waals surface area contributed by atoms with Crippen molar-refractivity contribution in [2.45, 2.75) is 6.92 Å². The quantitative estimate of drug-likeness (QED) is 0.282. The van der Waals surface area contributed by atoms with Crippen LogP contribution in [0.2, 0.25) is 0 Å². The summed E-state index contributed by atoms with van der Waals surface area (Å²) in [4.78, 5) is 18.5. The molecule has 0 aliphatic rings. The minimum absolute atomic E-state index is 0.132. The van der Waals surface area contributed by atoms with Gasteiger partial charge in [0.2, 0.25) is 0 Å². The van der Waals surface area contributed by atoms with Crippen LogP contribution in [-0.2, 0) is 0 Å². The van der Waals surface area contributed by atoms with E-state index in [-0.39, 0.29) is 11.3 Å². The number of imidazole rings is 1. The zero-order chi connectivity index (χ0) is 21.3. The Morgan fingerprint density at radius 1 is 1.27 bits per heavy atom.